The zero-order valence-corrected chi connectivity index (χ0v) is 12.8. The zero-order valence-electron chi connectivity index (χ0n) is 12.8. The molecule has 0 unspecified atom stereocenters. The number of nitrogen functional groups attached to an aromatic ring is 1. The summed E-state index contributed by atoms with van der Waals surface area (Å²) in [5, 5.41) is 3.67. The monoisotopic (exact) mass is 386 g/mol. The first kappa shape index (κ1) is 19.7. The second-order valence-corrected chi connectivity index (χ2v) is 5.20. The molecule has 0 radical (unpaired) electrons. The smallest absolute Gasteiger partial charge is 0.368 e. The van der Waals surface area contributed by atoms with Crippen molar-refractivity contribution < 1.29 is 35.1 Å². The van der Waals surface area contributed by atoms with Crippen LogP contribution in [0.5, 0.6) is 0 Å². The van der Waals surface area contributed by atoms with Gasteiger partial charge in [-0.05, 0) is 24.6 Å². The van der Waals surface area contributed by atoms with Gasteiger partial charge in [0.05, 0.1) is 23.7 Å². The molecule has 1 heterocycles. The minimum absolute atomic E-state index is 0.0831. The Hall–Kier alpha value is -2.66. The van der Waals surface area contributed by atoms with Crippen LogP contribution in [0, 0.1) is 6.92 Å². The number of aromatic nitrogens is 2. The molecule has 0 bridgehead atoms. The number of anilines is 1. The average molecular weight is 386 g/mol. The summed E-state index contributed by atoms with van der Waals surface area (Å²) < 4.78 is 104. The molecule has 0 amide bonds. The molecule has 2 N–H and O–H groups in total. The number of hydrogen-bond acceptors (Lipinski definition) is 3. The Morgan fingerprint density at radius 2 is 1.65 bits per heavy atom. The molecular formula is C14H10F8N4. The van der Waals surface area contributed by atoms with E-state index in [1.54, 1.807) is 6.92 Å². The number of alkyl halides is 8. The van der Waals surface area contributed by atoms with E-state index in [1.165, 1.54) is 6.20 Å². The molecule has 12 heteroatoms. The van der Waals surface area contributed by atoms with E-state index in [9.17, 15) is 35.1 Å². The highest BCUT2D eigenvalue weighted by Gasteiger charge is 2.61. The second-order valence-electron chi connectivity index (χ2n) is 5.20. The van der Waals surface area contributed by atoms with Crippen LogP contribution in [0.4, 0.5) is 41.1 Å². The third kappa shape index (κ3) is 3.78. The molecule has 0 atom stereocenters. The molecular weight excluding hydrogens is 376 g/mol. The summed E-state index contributed by atoms with van der Waals surface area (Å²) in [6.45, 7) is 1.56. The molecule has 0 spiro atoms. The van der Waals surface area contributed by atoms with Gasteiger partial charge in [0.2, 0.25) is 5.95 Å². The molecule has 1 aromatic heterocycles. The van der Waals surface area contributed by atoms with E-state index in [4.69, 9.17) is 5.73 Å². The first-order valence-electron chi connectivity index (χ1n) is 6.75. The topological polar surface area (TPSA) is 56.2 Å². The van der Waals surface area contributed by atoms with E-state index in [1.807, 2.05) is 0 Å². The summed E-state index contributed by atoms with van der Waals surface area (Å²) in [6.07, 6.45) is -9.49. The third-order valence-corrected chi connectivity index (χ3v) is 3.21. The van der Waals surface area contributed by atoms with Gasteiger partial charge in [0.25, 0.3) is 0 Å². The van der Waals surface area contributed by atoms with Crippen molar-refractivity contribution in [3.05, 3.63) is 46.8 Å². The lowest BCUT2D eigenvalue weighted by Gasteiger charge is -2.23. The first-order valence-corrected chi connectivity index (χ1v) is 6.75. The van der Waals surface area contributed by atoms with Crippen LogP contribution in [0.15, 0.2) is 29.5 Å². The fourth-order valence-corrected chi connectivity index (χ4v) is 2.03. The molecule has 0 aliphatic rings. The van der Waals surface area contributed by atoms with Gasteiger partial charge in [-0.15, -0.1) is 0 Å². The Kier molecular flexibility index (Phi) is 4.73. The fourth-order valence-electron chi connectivity index (χ4n) is 2.03. The molecule has 2 rings (SSSR count). The van der Waals surface area contributed by atoms with Gasteiger partial charge in [0, 0.05) is 5.56 Å². The molecule has 0 aliphatic heterocycles. The van der Waals surface area contributed by atoms with E-state index >= 15 is 0 Å². The summed E-state index contributed by atoms with van der Waals surface area (Å²) in [4.78, 5) is 3.77. The number of imidazole rings is 1. The summed E-state index contributed by atoms with van der Waals surface area (Å²) in [7, 11) is 0. The number of aryl methyl sites for hydroxylation is 1. The standard InChI is InChI=1S/C14H10F8N4/c1-7-6-26(11(23)25-7)24-5-8-2-3-9(13(17,18)19)10(4-8)12(15,16)14(20,21)22/h2-6H,1H3,(H2,23,25). The lowest BCUT2D eigenvalue weighted by molar-refractivity contribution is -0.291. The number of nitrogens with zero attached hydrogens (tertiary/aromatic N) is 3. The molecule has 1 aromatic carbocycles. The van der Waals surface area contributed by atoms with E-state index < -0.39 is 35.0 Å². The van der Waals surface area contributed by atoms with Crippen LogP contribution >= 0.6 is 0 Å². The molecule has 0 aliphatic carbocycles. The van der Waals surface area contributed by atoms with Gasteiger partial charge < -0.3 is 5.73 Å². The highest BCUT2D eigenvalue weighted by Crippen LogP contribution is 2.48. The molecule has 0 saturated heterocycles. The minimum Gasteiger partial charge on any atom is -0.368 e. The van der Waals surface area contributed by atoms with Crippen molar-refractivity contribution in [2.75, 3.05) is 5.73 Å². The van der Waals surface area contributed by atoms with Gasteiger partial charge in [-0.25, -0.2) is 9.66 Å². The van der Waals surface area contributed by atoms with Gasteiger partial charge >= 0.3 is 18.3 Å². The van der Waals surface area contributed by atoms with Gasteiger partial charge in [-0.1, -0.05) is 6.07 Å². The summed E-state index contributed by atoms with van der Waals surface area (Å²) in [5.41, 5.74) is 1.19. The fraction of sp³-hybridized carbons (Fsp3) is 0.286. The normalized spacial score (nSPS) is 13.6. The Bertz CT molecular complexity index is 832. The molecule has 0 saturated carbocycles. The van der Waals surface area contributed by atoms with Crippen molar-refractivity contribution in [2.45, 2.75) is 25.2 Å². The van der Waals surface area contributed by atoms with Crippen molar-refractivity contribution in [1.82, 2.24) is 9.66 Å². The number of halogens is 8. The van der Waals surface area contributed by atoms with Crippen molar-refractivity contribution in [1.29, 1.82) is 0 Å². The van der Waals surface area contributed by atoms with Gasteiger partial charge in [-0.2, -0.15) is 40.2 Å². The van der Waals surface area contributed by atoms with Crippen molar-refractivity contribution in [2.24, 2.45) is 5.10 Å². The van der Waals surface area contributed by atoms with Crippen molar-refractivity contribution >= 4 is 12.2 Å². The van der Waals surface area contributed by atoms with E-state index in [0.717, 1.165) is 10.9 Å². The minimum atomic E-state index is -6.20. The highest BCUT2D eigenvalue weighted by molar-refractivity contribution is 5.80. The van der Waals surface area contributed by atoms with Crippen LogP contribution in [0.1, 0.15) is 22.4 Å². The average Bonchev–Trinajstić information content (AvgIpc) is 2.80. The molecule has 0 fully saturated rings. The number of rotatable bonds is 3. The maximum Gasteiger partial charge on any atom is 0.458 e. The lowest BCUT2D eigenvalue weighted by atomic mass is 9.98. The van der Waals surface area contributed by atoms with Crippen LogP contribution in [0.25, 0.3) is 0 Å². The van der Waals surface area contributed by atoms with Gasteiger partial charge in [-0.3, -0.25) is 0 Å². The quantitative estimate of drug-likeness (QED) is 0.631. The maximum absolute atomic E-state index is 13.6. The van der Waals surface area contributed by atoms with Gasteiger partial charge in [0.15, 0.2) is 0 Å². The third-order valence-electron chi connectivity index (χ3n) is 3.21. The van der Waals surface area contributed by atoms with E-state index in [-0.39, 0.29) is 18.1 Å². The largest absolute Gasteiger partial charge is 0.458 e. The van der Waals surface area contributed by atoms with Crippen LogP contribution in [-0.2, 0) is 12.1 Å². The predicted octanol–water partition coefficient (Wildman–Crippen LogP) is 4.33. The molecule has 2 aromatic rings. The summed E-state index contributed by atoms with van der Waals surface area (Å²) >= 11 is 0. The molecule has 4 nitrogen and oxygen atoms in total. The lowest BCUT2D eigenvalue weighted by Crippen LogP contribution is -2.35. The Balaban J connectivity index is 2.55. The summed E-state index contributed by atoms with van der Waals surface area (Å²) in [5.74, 6) is -5.81. The van der Waals surface area contributed by atoms with Crippen molar-refractivity contribution in [3.63, 3.8) is 0 Å². The predicted molar refractivity (Wildman–Crippen MR) is 75.8 cm³/mol. The van der Waals surface area contributed by atoms with Crippen molar-refractivity contribution in [3.8, 4) is 0 Å². The van der Waals surface area contributed by atoms with Crippen LogP contribution in [-0.4, -0.2) is 22.1 Å². The Labute approximate surface area is 140 Å². The molecule has 26 heavy (non-hydrogen) atoms. The Morgan fingerprint density at radius 3 is 2.12 bits per heavy atom. The van der Waals surface area contributed by atoms with Crippen LogP contribution in [0.2, 0.25) is 0 Å². The Morgan fingerprint density at radius 1 is 1.04 bits per heavy atom. The summed E-state index contributed by atoms with van der Waals surface area (Å²) in [6, 6.07) is 0.931. The zero-order chi connectivity index (χ0) is 19.9. The molecule has 142 valence electrons. The maximum atomic E-state index is 13.6. The first-order chi connectivity index (χ1) is 11.7. The van der Waals surface area contributed by atoms with Crippen LogP contribution in [0.3, 0.4) is 0 Å². The second kappa shape index (κ2) is 6.25. The van der Waals surface area contributed by atoms with E-state index in [0.29, 0.717) is 11.8 Å². The highest BCUT2D eigenvalue weighted by atomic mass is 19.4. The van der Waals surface area contributed by atoms with E-state index in [2.05, 4.69) is 10.1 Å². The number of hydrogen-bond donors (Lipinski definition) is 1. The number of nitrogens with two attached hydrogens (primary N) is 1. The number of benzene rings is 1. The van der Waals surface area contributed by atoms with Gasteiger partial charge in [0.1, 0.15) is 0 Å². The SMILES string of the molecule is Cc1cn(N=Cc2ccc(C(F)(F)F)c(C(F)(F)C(F)(F)F)c2)c(N)n1. The van der Waals surface area contributed by atoms with Crippen LogP contribution < -0.4 is 5.73 Å².